The van der Waals surface area contributed by atoms with Gasteiger partial charge in [0.25, 0.3) is 0 Å². The third kappa shape index (κ3) is 5.17. The Hall–Kier alpha value is -8.09. The molecule has 59 heavy (non-hydrogen) atoms. The van der Waals surface area contributed by atoms with Crippen LogP contribution >= 0.6 is 0 Å². The first-order valence-corrected chi connectivity index (χ1v) is 19.6. The summed E-state index contributed by atoms with van der Waals surface area (Å²) in [4.78, 5) is 10.2. The van der Waals surface area contributed by atoms with E-state index in [9.17, 15) is 0 Å². The summed E-state index contributed by atoms with van der Waals surface area (Å²) in [6, 6.07) is 62.2. The first-order valence-electron chi connectivity index (χ1n) is 19.6. The molecule has 0 aliphatic carbocycles. The highest BCUT2D eigenvalue weighted by molar-refractivity contribution is 6.25. The Bertz CT molecular complexity index is 3750. The molecule has 6 heteroatoms. The van der Waals surface area contributed by atoms with Gasteiger partial charge in [0, 0.05) is 44.1 Å². The molecule has 3 aromatic heterocycles. The molecule has 12 rings (SSSR count). The fourth-order valence-electron chi connectivity index (χ4n) is 8.83. The summed E-state index contributed by atoms with van der Waals surface area (Å²) in [6.07, 6.45) is 1.86. The van der Waals surface area contributed by atoms with E-state index in [0.29, 0.717) is 28.1 Å². The van der Waals surface area contributed by atoms with E-state index in [0.717, 1.165) is 60.4 Å². The number of benzene rings is 9. The Morgan fingerprint density at radius 1 is 0.492 bits per heavy atom. The monoisotopic (exact) mass is 756 g/mol. The molecule has 12 aromatic rings. The van der Waals surface area contributed by atoms with E-state index in [-0.39, 0.29) is 5.84 Å². The quantitative estimate of drug-likeness (QED) is 0.143. The summed E-state index contributed by atoms with van der Waals surface area (Å²) in [5, 5.41) is 20.2. The van der Waals surface area contributed by atoms with Gasteiger partial charge >= 0.3 is 0 Å². The number of aromatic nitrogens is 1. The number of hydrogen-bond donors (Lipinski definition) is 1. The second-order valence-electron chi connectivity index (χ2n) is 14.9. The number of amidine groups is 2. The van der Waals surface area contributed by atoms with Crippen molar-refractivity contribution in [2.24, 2.45) is 9.98 Å². The number of aliphatic imine (C=N–C) groups is 2. The molecular weight excluding hydrogens is 725 g/mol. The van der Waals surface area contributed by atoms with E-state index in [2.05, 4.69) is 108 Å². The van der Waals surface area contributed by atoms with Crippen LogP contribution in [0.5, 0.6) is 0 Å². The van der Waals surface area contributed by atoms with Crippen LogP contribution in [0.4, 0.5) is 0 Å². The molecule has 276 valence electrons. The van der Waals surface area contributed by atoms with Crippen molar-refractivity contribution in [3.05, 3.63) is 199 Å². The van der Waals surface area contributed by atoms with Gasteiger partial charge in [0.15, 0.2) is 11.7 Å². The predicted molar refractivity (Wildman–Crippen MR) is 244 cm³/mol. The van der Waals surface area contributed by atoms with Gasteiger partial charge in [-0.2, -0.15) is 0 Å². The Kier molecular flexibility index (Phi) is 7.28. The zero-order valence-electron chi connectivity index (χ0n) is 31.6. The van der Waals surface area contributed by atoms with Gasteiger partial charge in [-0.25, -0.2) is 9.98 Å². The van der Waals surface area contributed by atoms with Crippen LogP contribution in [-0.4, -0.2) is 22.5 Å². The third-order valence-corrected chi connectivity index (χ3v) is 11.6. The molecule has 0 spiro atoms. The molecular formula is C53H32N4O2. The molecule has 1 N–H and O–H groups in total. The zero-order valence-corrected chi connectivity index (χ0v) is 31.6. The van der Waals surface area contributed by atoms with Crippen molar-refractivity contribution in [2.75, 3.05) is 0 Å². The first-order chi connectivity index (χ1) is 29.2. The fourth-order valence-corrected chi connectivity index (χ4v) is 8.83. The van der Waals surface area contributed by atoms with Crippen molar-refractivity contribution < 1.29 is 8.83 Å². The van der Waals surface area contributed by atoms with Crippen molar-refractivity contribution in [2.45, 2.75) is 0 Å². The molecule has 0 radical (unpaired) electrons. The number of furan rings is 2. The average molecular weight is 757 g/mol. The molecule has 0 saturated heterocycles. The fraction of sp³-hybridized carbons (Fsp3) is 0. The van der Waals surface area contributed by atoms with Crippen molar-refractivity contribution in [3.8, 4) is 5.69 Å². The summed E-state index contributed by atoms with van der Waals surface area (Å²) in [6.45, 7) is 0. The summed E-state index contributed by atoms with van der Waals surface area (Å²) < 4.78 is 15.6. The van der Waals surface area contributed by atoms with Crippen LogP contribution in [0.2, 0.25) is 0 Å². The van der Waals surface area contributed by atoms with E-state index in [4.69, 9.17) is 24.2 Å². The molecule has 0 saturated carbocycles. The summed E-state index contributed by atoms with van der Waals surface area (Å²) in [7, 11) is 0. The van der Waals surface area contributed by atoms with Gasteiger partial charge in [0.2, 0.25) is 0 Å². The number of rotatable bonds is 4. The Morgan fingerprint density at radius 3 is 1.90 bits per heavy atom. The van der Waals surface area contributed by atoms with Crippen molar-refractivity contribution in [1.29, 1.82) is 5.41 Å². The molecule has 0 unspecified atom stereocenters. The maximum Gasteiger partial charge on any atom is 0.165 e. The molecule has 0 amide bonds. The molecule has 0 aliphatic heterocycles. The van der Waals surface area contributed by atoms with E-state index >= 15 is 0 Å². The summed E-state index contributed by atoms with van der Waals surface area (Å²) >= 11 is 0. The van der Waals surface area contributed by atoms with E-state index in [1.54, 1.807) is 0 Å². The normalized spacial score (nSPS) is 12.5. The minimum absolute atomic E-state index is 0.0918. The maximum absolute atomic E-state index is 9.17. The lowest BCUT2D eigenvalue weighted by Crippen LogP contribution is -2.06. The van der Waals surface area contributed by atoms with Crippen LogP contribution < -0.4 is 0 Å². The maximum atomic E-state index is 9.17. The number of hydrogen-bond acceptors (Lipinski definition) is 3. The van der Waals surface area contributed by atoms with Gasteiger partial charge in [-0.3, -0.25) is 5.41 Å². The molecule has 0 atom stereocenters. The van der Waals surface area contributed by atoms with Crippen LogP contribution in [0.25, 0.3) is 92.9 Å². The highest BCUT2D eigenvalue weighted by atomic mass is 16.3. The van der Waals surface area contributed by atoms with Crippen LogP contribution in [0.1, 0.15) is 16.7 Å². The first kappa shape index (κ1) is 33.1. The standard InChI is InChI=1S/C53H32N4O2/c54-52(33-14-2-1-3-15-33)56-53(41-22-12-21-39-37-19-8-10-23-47(37)58-50(39)41)55-31-43-44(28-26-40-38-20-9-11-24-48(38)59-51(40)43)57-45-27-25-32-13-6-7-18-36(32)49(45)42-29-34-16-4-5-17-35(34)30-46(42)57/h1-31,54H. The summed E-state index contributed by atoms with van der Waals surface area (Å²) in [5.41, 5.74) is 8.15. The van der Waals surface area contributed by atoms with Gasteiger partial charge in [-0.15, -0.1) is 0 Å². The Balaban J connectivity index is 1.17. The number of nitrogens with zero attached hydrogens (tertiary/aromatic N) is 3. The molecule has 9 aromatic carbocycles. The second kappa shape index (κ2) is 13.0. The summed E-state index contributed by atoms with van der Waals surface area (Å²) in [5.74, 6) is 0.441. The Labute approximate surface area is 337 Å². The molecule has 3 heterocycles. The van der Waals surface area contributed by atoms with E-state index in [1.807, 2.05) is 85.1 Å². The lowest BCUT2D eigenvalue weighted by Gasteiger charge is -2.13. The number of nitrogens with one attached hydrogen (secondary N) is 1. The van der Waals surface area contributed by atoms with Gasteiger partial charge in [-0.1, -0.05) is 133 Å². The minimum Gasteiger partial charge on any atom is -0.455 e. The van der Waals surface area contributed by atoms with Crippen LogP contribution in [0.15, 0.2) is 201 Å². The van der Waals surface area contributed by atoms with Crippen molar-refractivity contribution in [1.82, 2.24) is 4.57 Å². The van der Waals surface area contributed by atoms with Gasteiger partial charge in [0.1, 0.15) is 22.3 Å². The van der Waals surface area contributed by atoms with Crippen molar-refractivity contribution in [3.63, 3.8) is 0 Å². The van der Waals surface area contributed by atoms with Gasteiger partial charge in [0.05, 0.1) is 27.8 Å². The second-order valence-corrected chi connectivity index (χ2v) is 14.9. The van der Waals surface area contributed by atoms with Crippen LogP contribution in [-0.2, 0) is 0 Å². The lowest BCUT2D eigenvalue weighted by atomic mass is 10.0. The zero-order chi connectivity index (χ0) is 39.0. The van der Waals surface area contributed by atoms with Gasteiger partial charge < -0.3 is 13.4 Å². The van der Waals surface area contributed by atoms with Crippen LogP contribution in [0, 0.1) is 5.41 Å². The predicted octanol–water partition coefficient (Wildman–Crippen LogP) is 13.8. The average Bonchev–Trinajstić information content (AvgIpc) is 3.97. The topological polar surface area (TPSA) is 79.8 Å². The SMILES string of the molecule is N=C(N=C(N=Cc1c(-n2c3cc4ccccc4cc3c3c4ccccc4ccc32)ccc2c1oc1ccccc12)c1cccc2c1oc1ccccc12)c1ccccc1. The molecule has 0 bridgehead atoms. The van der Waals surface area contributed by atoms with E-state index < -0.39 is 0 Å². The smallest absolute Gasteiger partial charge is 0.165 e. The molecule has 0 aliphatic rings. The highest BCUT2D eigenvalue weighted by Crippen LogP contribution is 2.41. The highest BCUT2D eigenvalue weighted by Gasteiger charge is 2.22. The third-order valence-electron chi connectivity index (χ3n) is 11.6. The largest absolute Gasteiger partial charge is 0.455 e. The van der Waals surface area contributed by atoms with Crippen molar-refractivity contribution >= 4 is 105 Å². The molecule has 0 fully saturated rings. The van der Waals surface area contributed by atoms with Gasteiger partial charge in [-0.05, 0) is 70.1 Å². The lowest BCUT2D eigenvalue weighted by molar-refractivity contribution is 0.668. The number of para-hydroxylation sites is 3. The van der Waals surface area contributed by atoms with E-state index in [1.165, 1.54) is 26.9 Å². The van der Waals surface area contributed by atoms with Crippen LogP contribution in [0.3, 0.4) is 0 Å². The molecule has 6 nitrogen and oxygen atoms in total. The Morgan fingerprint density at radius 2 is 1.12 bits per heavy atom. The number of fused-ring (bicyclic) bond motifs is 12. The minimum atomic E-state index is 0.0918.